The number of ether oxygens (including phenoxy) is 1. The molecule has 1 aromatic carbocycles. The van der Waals surface area contributed by atoms with Gasteiger partial charge < -0.3 is 10.5 Å². The molecule has 0 unspecified atom stereocenters. The summed E-state index contributed by atoms with van der Waals surface area (Å²) in [4.78, 5) is 0. The predicted molar refractivity (Wildman–Crippen MR) is 53.0 cm³/mol. The van der Waals surface area contributed by atoms with E-state index in [9.17, 15) is 13.2 Å². The summed E-state index contributed by atoms with van der Waals surface area (Å²) in [6, 6.07) is 3.76. The molecule has 0 aliphatic heterocycles. The van der Waals surface area contributed by atoms with E-state index in [0.717, 1.165) is 6.07 Å². The number of nitrogens with two attached hydrogens (primary N) is 1. The molecule has 1 aliphatic rings. The van der Waals surface area contributed by atoms with Gasteiger partial charge in [-0.15, -0.1) is 0 Å². The van der Waals surface area contributed by atoms with Crippen molar-refractivity contribution in [2.24, 2.45) is 5.73 Å². The minimum atomic E-state index is -2.73. The molecule has 0 radical (unpaired) electrons. The largest absolute Gasteiger partial charge is 0.496 e. The second-order valence-corrected chi connectivity index (χ2v) is 4.21. The van der Waals surface area contributed by atoms with Gasteiger partial charge >= 0.3 is 0 Å². The first-order valence-corrected chi connectivity index (χ1v) is 4.87. The third kappa shape index (κ3) is 1.75. The summed E-state index contributed by atoms with van der Waals surface area (Å²) in [5.74, 6) is -2.98. The molecule has 0 bridgehead atoms. The molecule has 0 saturated heterocycles. The number of hydrogen-bond donors (Lipinski definition) is 1. The first-order chi connectivity index (χ1) is 7.36. The minimum absolute atomic E-state index is 0.220. The molecule has 1 fully saturated rings. The quantitative estimate of drug-likeness (QED) is 0.848. The van der Waals surface area contributed by atoms with Crippen LogP contribution in [0.3, 0.4) is 0 Å². The summed E-state index contributed by atoms with van der Waals surface area (Å²) in [7, 11) is 1.36. The Hall–Kier alpha value is -1.23. The number of alkyl halides is 2. The lowest BCUT2D eigenvalue weighted by atomic mass is 9.69. The summed E-state index contributed by atoms with van der Waals surface area (Å²) >= 11 is 0. The smallest absolute Gasteiger partial charge is 0.252 e. The van der Waals surface area contributed by atoms with Gasteiger partial charge in [-0.25, -0.2) is 13.2 Å². The number of methoxy groups -OCH3 is 1. The van der Waals surface area contributed by atoms with Crippen LogP contribution in [-0.4, -0.2) is 13.0 Å². The van der Waals surface area contributed by atoms with E-state index < -0.39 is 30.1 Å². The summed E-state index contributed by atoms with van der Waals surface area (Å²) in [5, 5.41) is 0. The summed E-state index contributed by atoms with van der Waals surface area (Å²) in [6.45, 7) is 0. The minimum Gasteiger partial charge on any atom is -0.496 e. The van der Waals surface area contributed by atoms with Crippen LogP contribution < -0.4 is 10.5 Å². The summed E-state index contributed by atoms with van der Waals surface area (Å²) < 4.78 is 43.6. The van der Waals surface area contributed by atoms with Crippen LogP contribution in [0.15, 0.2) is 18.2 Å². The van der Waals surface area contributed by atoms with Gasteiger partial charge in [-0.1, -0.05) is 6.07 Å². The van der Waals surface area contributed by atoms with Crippen LogP contribution in [0, 0.1) is 5.82 Å². The van der Waals surface area contributed by atoms with Crippen molar-refractivity contribution in [3.8, 4) is 5.75 Å². The molecule has 1 aliphatic carbocycles. The molecule has 2 nitrogen and oxygen atoms in total. The number of benzene rings is 1. The van der Waals surface area contributed by atoms with E-state index in [-0.39, 0.29) is 5.75 Å². The zero-order valence-corrected chi connectivity index (χ0v) is 8.77. The topological polar surface area (TPSA) is 35.2 Å². The Morgan fingerprint density at radius 3 is 2.44 bits per heavy atom. The van der Waals surface area contributed by atoms with Gasteiger partial charge in [0.05, 0.1) is 12.6 Å². The number of halogens is 3. The van der Waals surface area contributed by atoms with Crippen LogP contribution in [0.2, 0.25) is 0 Å². The molecule has 0 amide bonds. The van der Waals surface area contributed by atoms with Crippen LogP contribution in [0.4, 0.5) is 13.2 Å². The van der Waals surface area contributed by atoms with Gasteiger partial charge in [0.1, 0.15) is 11.6 Å². The Morgan fingerprint density at radius 2 is 1.94 bits per heavy atom. The molecule has 0 aromatic heterocycles. The molecule has 88 valence electrons. The molecule has 16 heavy (non-hydrogen) atoms. The monoisotopic (exact) mass is 231 g/mol. The van der Waals surface area contributed by atoms with Crippen molar-refractivity contribution in [1.82, 2.24) is 0 Å². The van der Waals surface area contributed by atoms with Crippen LogP contribution in [-0.2, 0) is 5.54 Å². The normalized spacial score (nSPS) is 21.3. The Morgan fingerprint density at radius 1 is 1.31 bits per heavy atom. The SMILES string of the molecule is COc1cc(F)ccc1C1(N)CC(F)(F)C1. The van der Waals surface area contributed by atoms with Crippen LogP contribution in [0.1, 0.15) is 18.4 Å². The fourth-order valence-corrected chi connectivity index (χ4v) is 2.14. The average Bonchev–Trinajstić information content (AvgIpc) is 2.14. The van der Waals surface area contributed by atoms with E-state index in [1.807, 2.05) is 0 Å². The van der Waals surface area contributed by atoms with E-state index in [4.69, 9.17) is 10.5 Å². The van der Waals surface area contributed by atoms with Crippen LogP contribution in [0.25, 0.3) is 0 Å². The number of hydrogen-bond acceptors (Lipinski definition) is 2. The summed E-state index contributed by atoms with van der Waals surface area (Å²) in [5.41, 5.74) is 5.17. The molecule has 2 N–H and O–H groups in total. The third-order valence-corrected chi connectivity index (χ3v) is 2.85. The highest BCUT2D eigenvalue weighted by Gasteiger charge is 2.56. The van der Waals surface area contributed by atoms with Crippen LogP contribution >= 0.6 is 0 Å². The Bertz CT molecular complexity index is 412. The zero-order valence-electron chi connectivity index (χ0n) is 8.77. The first-order valence-electron chi connectivity index (χ1n) is 4.87. The Labute approximate surface area is 91.2 Å². The standard InChI is InChI=1S/C11H12F3NO/c1-16-9-4-7(12)2-3-8(9)10(15)5-11(13,14)6-10/h2-4H,5-6,15H2,1H3. The lowest BCUT2D eigenvalue weighted by Crippen LogP contribution is -2.55. The maximum absolute atomic E-state index is 12.9. The van der Waals surface area contributed by atoms with Gasteiger partial charge in [0, 0.05) is 24.5 Å². The van der Waals surface area contributed by atoms with Crippen molar-refractivity contribution in [3.05, 3.63) is 29.6 Å². The second kappa shape index (κ2) is 3.38. The maximum Gasteiger partial charge on any atom is 0.252 e. The van der Waals surface area contributed by atoms with Crippen LogP contribution in [0.5, 0.6) is 5.75 Å². The molecule has 0 atom stereocenters. The van der Waals surface area contributed by atoms with Gasteiger partial charge in [-0.05, 0) is 6.07 Å². The highest BCUT2D eigenvalue weighted by Crippen LogP contribution is 2.51. The van der Waals surface area contributed by atoms with E-state index in [1.54, 1.807) is 0 Å². The highest BCUT2D eigenvalue weighted by atomic mass is 19.3. The van der Waals surface area contributed by atoms with Gasteiger partial charge in [0.2, 0.25) is 0 Å². The van der Waals surface area contributed by atoms with E-state index in [1.165, 1.54) is 19.2 Å². The van der Waals surface area contributed by atoms with Gasteiger partial charge in [-0.3, -0.25) is 0 Å². The van der Waals surface area contributed by atoms with Gasteiger partial charge in [0.15, 0.2) is 0 Å². The zero-order chi connectivity index (χ0) is 12.0. The lowest BCUT2D eigenvalue weighted by Gasteiger charge is -2.45. The lowest BCUT2D eigenvalue weighted by molar-refractivity contribution is -0.125. The summed E-state index contributed by atoms with van der Waals surface area (Å²) in [6.07, 6.45) is -0.857. The molecular formula is C11H12F3NO. The van der Waals surface area contributed by atoms with Gasteiger partial charge in [-0.2, -0.15) is 0 Å². The molecule has 2 rings (SSSR count). The fourth-order valence-electron chi connectivity index (χ4n) is 2.14. The molecular weight excluding hydrogens is 219 g/mol. The van der Waals surface area contributed by atoms with Crippen molar-refractivity contribution in [3.63, 3.8) is 0 Å². The van der Waals surface area contributed by atoms with Crippen molar-refractivity contribution in [2.75, 3.05) is 7.11 Å². The Kier molecular flexibility index (Phi) is 2.38. The molecule has 5 heteroatoms. The van der Waals surface area contributed by atoms with Crippen molar-refractivity contribution in [1.29, 1.82) is 0 Å². The van der Waals surface area contributed by atoms with Gasteiger partial charge in [0.25, 0.3) is 5.92 Å². The predicted octanol–water partition coefficient (Wildman–Crippen LogP) is 2.42. The van der Waals surface area contributed by atoms with E-state index in [2.05, 4.69) is 0 Å². The van der Waals surface area contributed by atoms with Crippen molar-refractivity contribution < 1.29 is 17.9 Å². The first kappa shape index (κ1) is 11.3. The third-order valence-electron chi connectivity index (χ3n) is 2.85. The van der Waals surface area contributed by atoms with Crippen molar-refractivity contribution in [2.45, 2.75) is 24.3 Å². The average molecular weight is 231 g/mol. The number of rotatable bonds is 2. The fraction of sp³-hybridized carbons (Fsp3) is 0.455. The highest BCUT2D eigenvalue weighted by molar-refractivity contribution is 5.41. The molecule has 0 spiro atoms. The van der Waals surface area contributed by atoms with Crippen molar-refractivity contribution >= 4 is 0 Å². The van der Waals surface area contributed by atoms with E-state index in [0.29, 0.717) is 5.56 Å². The maximum atomic E-state index is 12.9. The Balaban J connectivity index is 2.35. The molecule has 1 aromatic rings. The second-order valence-electron chi connectivity index (χ2n) is 4.21. The molecule has 0 heterocycles. The molecule has 1 saturated carbocycles. The van der Waals surface area contributed by atoms with E-state index >= 15 is 0 Å².